The average Bonchev–Trinajstić information content (AvgIpc) is 2.29. The molecule has 0 saturated heterocycles. The Morgan fingerprint density at radius 1 is 1.31 bits per heavy atom. The van der Waals surface area contributed by atoms with Gasteiger partial charge in [0.2, 0.25) is 0 Å². The molecule has 1 unspecified atom stereocenters. The molecule has 0 aliphatic carbocycles. The minimum absolute atomic E-state index is 0.299. The molecular formula is C13H21NOS. The third kappa shape index (κ3) is 2.36. The van der Waals surface area contributed by atoms with Crippen LogP contribution in [0.15, 0.2) is 6.07 Å². The second-order valence-corrected chi connectivity index (χ2v) is 4.45. The maximum atomic E-state index is 5.37. The minimum atomic E-state index is 0.299. The van der Waals surface area contributed by atoms with Crippen molar-refractivity contribution in [2.75, 3.05) is 19.9 Å². The number of benzene rings is 1. The van der Waals surface area contributed by atoms with Gasteiger partial charge in [-0.2, -0.15) is 12.6 Å². The van der Waals surface area contributed by atoms with Crippen molar-refractivity contribution in [2.45, 2.75) is 26.8 Å². The van der Waals surface area contributed by atoms with Crippen LogP contribution in [-0.4, -0.2) is 19.9 Å². The summed E-state index contributed by atoms with van der Waals surface area (Å²) in [7, 11) is 3.69. The maximum absolute atomic E-state index is 5.37. The van der Waals surface area contributed by atoms with Gasteiger partial charge >= 0.3 is 0 Å². The molecule has 1 aromatic rings. The lowest BCUT2D eigenvalue weighted by Gasteiger charge is -2.22. The third-order valence-electron chi connectivity index (χ3n) is 3.21. The largest absolute Gasteiger partial charge is 0.496 e. The van der Waals surface area contributed by atoms with Gasteiger partial charge in [-0.25, -0.2) is 0 Å². The van der Waals surface area contributed by atoms with Gasteiger partial charge in [-0.15, -0.1) is 0 Å². The molecule has 2 nitrogen and oxygen atoms in total. The fraction of sp³-hybridized carbons (Fsp3) is 0.538. The SMILES string of the molecule is CNC(CS)c1c(C)cc(OC)c(C)c1C. The number of ether oxygens (including phenoxy) is 1. The molecule has 0 spiro atoms. The molecule has 0 aliphatic rings. The molecule has 0 fully saturated rings. The van der Waals surface area contributed by atoms with Crippen LogP contribution in [0.3, 0.4) is 0 Å². The summed E-state index contributed by atoms with van der Waals surface area (Å²) in [5.41, 5.74) is 5.11. The normalized spacial score (nSPS) is 12.6. The van der Waals surface area contributed by atoms with Crippen LogP contribution in [0.25, 0.3) is 0 Å². The van der Waals surface area contributed by atoms with Crippen LogP contribution >= 0.6 is 12.6 Å². The fourth-order valence-corrected chi connectivity index (χ4v) is 2.51. The Kier molecular flexibility index (Phi) is 4.69. The molecule has 1 rings (SSSR count). The lowest BCUT2D eigenvalue weighted by Crippen LogP contribution is -2.20. The van der Waals surface area contributed by atoms with E-state index in [1.165, 1.54) is 22.3 Å². The summed E-state index contributed by atoms with van der Waals surface area (Å²) in [6, 6.07) is 2.40. The molecular weight excluding hydrogens is 218 g/mol. The van der Waals surface area contributed by atoms with Crippen LogP contribution in [0.2, 0.25) is 0 Å². The summed E-state index contributed by atoms with van der Waals surface area (Å²) < 4.78 is 5.37. The molecule has 0 amide bonds. The van der Waals surface area contributed by atoms with E-state index in [0.29, 0.717) is 6.04 Å². The molecule has 0 heterocycles. The van der Waals surface area contributed by atoms with Crippen molar-refractivity contribution < 1.29 is 4.74 Å². The standard InChI is InChI=1S/C13H21NOS/c1-8-6-12(15-5)9(2)10(3)13(8)11(7-16)14-4/h6,11,14,16H,7H2,1-5H3. The third-order valence-corrected chi connectivity index (χ3v) is 3.57. The summed E-state index contributed by atoms with van der Waals surface area (Å²) in [5.74, 6) is 1.76. The zero-order valence-electron chi connectivity index (χ0n) is 10.7. The van der Waals surface area contributed by atoms with Crippen LogP contribution in [0.5, 0.6) is 5.75 Å². The van der Waals surface area contributed by atoms with Crippen molar-refractivity contribution >= 4 is 12.6 Å². The van der Waals surface area contributed by atoms with E-state index < -0.39 is 0 Å². The van der Waals surface area contributed by atoms with E-state index in [4.69, 9.17) is 4.74 Å². The first kappa shape index (κ1) is 13.4. The van der Waals surface area contributed by atoms with E-state index in [9.17, 15) is 0 Å². The molecule has 16 heavy (non-hydrogen) atoms. The molecule has 0 radical (unpaired) electrons. The predicted octanol–water partition coefficient (Wildman–Crippen LogP) is 2.81. The topological polar surface area (TPSA) is 21.3 Å². The van der Waals surface area contributed by atoms with Gasteiger partial charge in [0, 0.05) is 11.8 Å². The van der Waals surface area contributed by atoms with E-state index in [1.54, 1.807) is 7.11 Å². The number of aryl methyl sites for hydroxylation is 1. The van der Waals surface area contributed by atoms with Crippen LogP contribution in [-0.2, 0) is 0 Å². The monoisotopic (exact) mass is 239 g/mol. The van der Waals surface area contributed by atoms with Crippen molar-refractivity contribution in [1.82, 2.24) is 5.32 Å². The van der Waals surface area contributed by atoms with Crippen LogP contribution < -0.4 is 10.1 Å². The van der Waals surface area contributed by atoms with Gasteiger partial charge in [0.05, 0.1) is 7.11 Å². The highest BCUT2D eigenvalue weighted by Crippen LogP contribution is 2.31. The van der Waals surface area contributed by atoms with E-state index in [1.807, 2.05) is 7.05 Å². The van der Waals surface area contributed by atoms with Gasteiger partial charge in [0.25, 0.3) is 0 Å². The van der Waals surface area contributed by atoms with Crippen molar-refractivity contribution in [2.24, 2.45) is 0 Å². The van der Waals surface area contributed by atoms with Crippen LogP contribution in [0, 0.1) is 20.8 Å². The van der Waals surface area contributed by atoms with Crippen molar-refractivity contribution in [3.63, 3.8) is 0 Å². The number of hydrogen-bond donors (Lipinski definition) is 2. The van der Waals surface area contributed by atoms with E-state index in [2.05, 4.69) is 44.8 Å². The highest BCUT2D eigenvalue weighted by Gasteiger charge is 2.16. The molecule has 0 bridgehead atoms. The Balaban J connectivity index is 3.35. The summed E-state index contributed by atoms with van der Waals surface area (Å²) in [6.45, 7) is 6.37. The van der Waals surface area contributed by atoms with E-state index in [0.717, 1.165) is 11.5 Å². The number of methoxy groups -OCH3 is 1. The predicted molar refractivity (Wildman–Crippen MR) is 72.9 cm³/mol. The van der Waals surface area contributed by atoms with Gasteiger partial charge in [0.1, 0.15) is 5.75 Å². The lowest BCUT2D eigenvalue weighted by molar-refractivity contribution is 0.410. The molecule has 0 aromatic heterocycles. The van der Waals surface area contributed by atoms with Crippen molar-refractivity contribution in [1.29, 1.82) is 0 Å². The summed E-state index contributed by atoms with van der Waals surface area (Å²) >= 11 is 4.39. The van der Waals surface area contributed by atoms with E-state index in [-0.39, 0.29) is 0 Å². The van der Waals surface area contributed by atoms with Crippen LogP contribution in [0.1, 0.15) is 28.3 Å². The fourth-order valence-electron chi connectivity index (χ4n) is 2.14. The summed E-state index contributed by atoms with van der Waals surface area (Å²) in [6.07, 6.45) is 0. The molecule has 0 saturated carbocycles. The maximum Gasteiger partial charge on any atom is 0.122 e. The Hall–Kier alpha value is -0.670. The minimum Gasteiger partial charge on any atom is -0.496 e. The molecule has 3 heteroatoms. The second-order valence-electron chi connectivity index (χ2n) is 4.08. The van der Waals surface area contributed by atoms with Gasteiger partial charge in [-0.05, 0) is 56.1 Å². The molecule has 90 valence electrons. The number of thiol groups is 1. The molecule has 1 atom stereocenters. The second kappa shape index (κ2) is 5.60. The lowest BCUT2D eigenvalue weighted by atomic mass is 9.93. The molecule has 0 aliphatic heterocycles. The number of rotatable bonds is 4. The first-order valence-electron chi connectivity index (χ1n) is 5.49. The average molecular weight is 239 g/mol. The Bertz CT molecular complexity index is 373. The zero-order valence-corrected chi connectivity index (χ0v) is 11.6. The van der Waals surface area contributed by atoms with E-state index >= 15 is 0 Å². The molecule has 1 N–H and O–H groups in total. The Labute approximate surface area is 104 Å². The van der Waals surface area contributed by atoms with Crippen molar-refractivity contribution in [3.05, 3.63) is 28.3 Å². The first-order chi connectivity index (χ1) is 7.56. The first-order valence-corrected chi connectivity index (χ1v) is 6.12. The smallest absolute Gasteiger partial charge is 0.122 e. The van der Waals surface area contributed by atoms with Crippen LogP contribution in [0.4, 0.5) is 0 Å². The van der Waals surface area contributed by atoms with Gasteiger partial charge < -0.3 is 10.1 Å². The van der Waals surface area contributed by atoms with Crippen molar-refractivity contribution in [3.8, 4) is 5.75 Å². The quantitative estimate of drug-likeness (QED) is 0.788. The van der Waals surface area contributed by atoms with Gasteiger partial charge in [-0.3, -0.25) is 0 Å². The molecule has 1 aromatic carbocycles. The highest BCUT2D eigenvalue weighted by molar-refractivity contribution is 7.80. The van der Waals surface area contributed by atoms with Gasteiger partial charge in [-0.1, -0.05) is 0 Å². The Morgan fingerprint density at radius 3 is 2.38 bits per heavy atom. The van der Waals surface area contributed by atoms with Gasteiger partial charge in [0.15, 0.2) is 0 Å². The summed E-state index contributed by atoms with van der Waals surface area (Å²) in [5, 5.41) is 3.30. The zero-order chi connectivity index (χ0) is 12.3. The number of nitrogens with one attached hydrogen (secondary N) is 1. The highest BCUT2D eigenvalue weighted by atomic mass is 32.1. The number of hydrogen-bond acceptors (Lipinski definition) is 3. The summed E-state index contributed by atoms with van der Waals surface area (Å²) in [4.78, 5) is 0. The Morgan fingerprint density at radius 2 is 1.94 bits per heavy atom.